The van der Waals surface area contributed by atoms with Crippen LogP contribution in [0.25, 0.3) is 0 Å². The van der Waals surface area contributed by atoms with E-state index in [1.165, 1.54) is 25.9 Å². The molecule has 0 amide bonds. The lowest BCUT2D eigenvalue weighted by molar-refractivity contribution is 0.0258. The molecule has 2 heterocycles. The molecule has 0 spiro atoms. The van der Waals surface area contributed by atoms with E-state index in [9.17, 15) is 0 Å². The zero-order valence-electron chi connectivity index (χ0n) is 10.9. The highest BCUT2D eigenvalue weighted by molar-refractivity contribution is 5.39. The summed E-state index contributed by atoms with van der Waals surface area (Å²) < 4.78 is 5.43. The van der Waals surface area contributed by atoms with E-state index in [4.69, 9.17) is 4.74 Å². The average molecular weight is 246 g/mol. The summed E-state index contributed by atoms with van der Waals surface area (Å²) in [4.78, 5) is 2.56. The van der Waals surface area contributed by atoms with Crippen molar-refractivity contribution in [3.63, 3.8) is 0 Å². The molecule has 98 valence electrons. The van der Waals surface area contributed by atoms with Crippen LogP contribution in [0, 0.1) is 11.3 Å². The number of fused-ring (bicyclic) bond motifs is 1. The van der Waals surface area contributed by atoms with Crippen molar-refractivity contribution in [1.29, 1.82) is 0 Å². The van der Waals surface area contributed by atoms with Gasteiger partial charge in [-0.2, -0.15) is 0 Å². The Morgan fingerprint density at radius 1 is 1.33 bits per heavy atom. The Morgan fingerprint density at radius 2 is 2.22 bits per heavy atom. The number of ether oxygens (including phenoxy) is 1. The molecule has 4 aliphatic rings. The van der Waals surface area contributed by atoms with Gasteiger partial charge in [-0.05, 0) is 30.9 Å². The Kier molecular flexibility index (Phi) is 2.61. The van der Waals surface area contributed by atoms with Crippen molar-refractivity contribution in [2.45, 2.75) is 18.9 Å². The van der Waals surface area contributed by atoms with Crippen LogP contribution in [0.15, 0.2) is 23.8 Å². The van der Waals surface area contributed by atoms with Gasteiger partial charge in [-0.1, -0.05) is 18.2 Å². The fourth-order valence-corrected chi connectivity index (χ4v) is 3.95. The van der Waals surface area contributed by atoms with Crippen molar-refractivity contribution in [2.24, 2.45) is 11.3 Å². The maximum Gasteiger partial charge on any atom is 0.0594 e. The number of hydrogen-bond acceptors (Lipinski definition) is 3. The molecule has 3 nitrogen and oxygen atoms in total. The van der Waals surface area contributed by atoms with Gasteiger partial charge in [0.1, 0.15) is 0 Å². The standard InChI is InChI=1S/C15H22N2O/c1-3-14(17-5-7-18-8-6-17)4-2-12(1)15-9-13(15)10-16-11-15/h1-3,13-14,16H,4-11H2. The van der Waals surface area contributed by atoms with Crippen LogP contribution in [-0.2, 0) is 4.74 Å². The summed E-state index contributed by atoms with van der Waals surface area (Å²) in [5, 5.41) is 3.53. The highest BCUT2D eigenvalue weighted by Gasteiger charge is 2.58. The van der Waals surface area contributed by atoms with Gasteiger partial charge < -0.3 is 10.1 Å². The van der Waals surface area contributed by atoms with E-state index in [0.29, 0.717) is 11.5 Å². The normalized spacial score (nSPS) is 43.7. The molecule has 0 aromatic rings. The minimum absolute atomic E-state index is 0.534. The molecule has 2 aliphatic carbocycles. The van der Waals surface area contributed by atoms with E-state index >= 15 is 0 Å². The topological polar surface area (TPSA) is 24.5 Å². The molecule has 0 aromatic carbocycles. The number of morpholine rings is 1. The monoisotopic (exact) mass is 246 g/mol. The summed E-state index contributed by atoms with van der Waals surface area (Å²) >= 11 is 0. The molecule has 1 saturated carbocycles. The second-order valence-electron chi connectivity index (χ2n) is 6.16. The molecule has 3 atom stereocenters. The van der Waals surface area contributed by atoms with Crippen molar-refractivity contribution in [2.75, 3.05) is 39.4 Å². The number of allylic oxidation sites excluding steroid dienone is 1. The van der Waals surface area contributed by atoms with E-state index in [1.54, 1.807) is 5.57 Å². The van der Waals surface area contributed by atoms with Gasteiger partial charge in [-0.3, -0.25) is 4.90 Å². The molecule has 3 fully saturated rings. The van der Waals surface area contributed by atoms with Crippen LogP contribution in [0.2, 0.25) is 0 Å². The predicted molar refractivity (Wildman–Crippen MR) is 71.4 cm³/mol. The Morgan fingerprint density at radius 3 is 2.83 bits per heavy atom. The van der Waals surface area contributed by atoms with Gasteiger partial charge in [-0.25, -0.2) is 0 Å². The Labute approximate surface area is 109 Å². The third-order valence-electron chi connectivity index (χ3n) is 5.23. The molecular formula is C15H22N2O. The van der Waals surface area contributed by atoms with Crippen LogP contribution in [0.5, 0.6) is 0 Å². The number of hydrogen-bond donors (Lipinski definition) is 1. The van der Waals surface area contributed by atoms with Crippen LogP contribution in [0.1, 0.15) is 12.8 Å². The van der Waals surface area contributed by atoms with Crippen molar-refractivity contribution in [3.05, 3.63) is 23.8 Å². The maximum absolute atomic E-state index is 5.43. The fraction of sp³-hybridized carbons (Fsp3) is 0.733. The lowest BCUT2D eigenvalue weighted by Crippen LogP contribution is -2.43. The van der Waals surface area contributed by atoms with Gasteiger partial charge in [0.25, 0.3) is 0 Å². The van der Waals surface area contributed by atoms with E-state index in [-0.39, 0.29) is 0 Å². The van der Waals surface area contributed by atoms with Crippen LogP contribution in [-0.4, -0.2) is 50.3 Å². The van der Waals surface area contributed by atoms with Gasteiger partial charge >= 0.3 is 0 Å². The van der Waals surface area contributed by atoms with Crippen LogP contribution in [0.4, 0.5) is 0 Å². The first-order valence-electron chi connectivity index (χ1n) is 7.30. The molecule has 2 saturated heterocycles. The van der Waals surface area contributed by atoms with Gasteiger partial charge in [-0.15, -0.1) is 0 Å². The van der Waals surface area contributed by atoms with Crippen molar-refractivity contribution in [1.82, 2.24) is 10.2 Å². The smallest absolute Gasteiger partial charge is 0.0594 e. The van der Waals surface area contributed by atoms with E-state index < -0.39 is 0 Å². The number of piperidine rings is 1. The van der Waals surface area contributed by atoms with Crippen LogP contribution in [0.3, 0.4) is 0 Å². The fourth-order valence-electron chi connectivity index (χ4n) is 3.95. The predicted octanol–water partition coefficient (Wildman–Crippen LogP) is 1.18. The first kappa shape index (κ1) is 11.2. The first-order valence-corrected chi connectivity index (χ1v) is 7.30. The van der Waals surface area contributed by atoms with Crippen molar-refractivity contribution >= 4 is 0 Å². The Bertz CT molecular complexity index is 397. The quantitative estimate of drug-likeness (QED) is 0.792. The van der Waals surface area contributed by atoms with E-state index in [0.717, 1.165) is 32.2 Å². The Hall–Kier alpha value is -0.640. The Balaban J connectivity index is 1.43. The molecule has 2 aliphatic heterocycles. The number of nitrogens with one attached hydrogen (secondary N) is 1. The highest BCUT2D eigenvalue weighted by atomic mass is 16.5. The average Bonchev–Trinajstić information content (AvgIpc) is 3.02. The largest absolute Gasteiger partial charge is 0.379 e. The molecule has 3 heteroatoms. The van der Waals surface area contributed by atoms with Gasteiger partial charge in [0.05, 0.1) is 13.2 Å². The summed E-state index contributed by atoms with van der Waals surface area (Å²) in [6, 6.07) is 0.612. The molecule has 1 N–H and O–H groups in total. The van der Waals surface area contributed by atoms with E-state index in [2.05, 4.69) is 28.4 Å². The first-order chi connectivity index (χ1) is 8.88. The SMILES string of the molecule is C1=CC(N2CCOCC2)CC=C1C12CNCC1C2. The lowest BCUT2D eigenvalue weighted by atomic mass is 9.88. The second-order valence-corrected chi connectivity index (χ2v) is 6.16. The molecule has 3 unspecified atom stereocenters. The zero-order valence-corrected chi connectivity index (χ0v) is 10.9. The summed E-state index contributed by atoms with van der Waals surface area (Å²) in [5.74, 6) is 0.924. The van der Waals surface area contributed by atoms with Crippen LogP contribution < -0.4 is 5.32 Å². The van der Waals surface area contributed by atoms with Gasteiger partial charge in [0.2, 0.25) is 0 Å². The number of rotatable bonds is 2. The third-order valence-corrected chi connectivity index (χ3v) is 5.23. The minimum Gasteiger partial charge on any atom is -0.379 e. The van der Waals surface area contributed by atoms with E-state index in [1.807, 2.05) is 0 Å². The van der Waals surface area contributed by atoms with Crippen LogP contribution >= 0.6 is 0 Å². The lowest BCUT2D eigenvalue weighted by Gasteiger charge is -2.34. The zero-order chi connectivity index (χ0) is 12.0. The molecule has 18 heavy (non-hydrogen) atoms. The summed E-state index contributed by atoms with van der Waals surface area (Å²) in [6.45, 7) is 6.42. The van der Waals surface area contributed by atoms with Gasteiger partial charge in [0.15, 0.2) is 0 Å². The minimum atomic E-state index is 0.534. The molecular weight excluding hydrogens is 224 g/mol. The summed E-state index contributed by atoms with van der Waals surface area (Å²) in [7, 11) is 0. The second kappa shape index (κ2) is 4.19. The molecule has 0 aromatic heterocycles. The summed E-state index contributed by atoms with van der Waals surface area (Å²) in [5.41, 5.74) is 2.15. The summed E-state index contributed by atoms with van der Waals surface area (Å²) in [6.07, 6.45) is 9.96. The molecule has 0 bridgehead atoms. The maximum atomic E-state index is 5.43. The van der Waals surface area contributed by atoms with Crippen molar-refractivity contribution < 1.29 is 4.74 Å². The molecule has 4 rings (SSSR count). The third kappa shape index (κ3) is 1.68. The van der Waals surface area contributed by atoms with Crippen molar-refractivity contribution in [3.8, 4) is 0 Å². The molecule has 0 radical (unpaired) electrons. The highest BCUT2D eigenvalue weighted by Crippen LogP contribution is 2.60. The number of nitrogens with zero attached hydrogens (tertiary/aromatic N) is 1. The van der Waals surface area contributed by atoms with Gasteiger partial charge in [0, 0.05) is 31.1 Å².